The Hall–Kier alpha value is -3.79. The van der Waals surface area contributed by atoms with Crippen LogP contribution in [0.2, 0.25) is 0 Å². The summed E-state index contributed by atoms with van der Waals surface area (Å²) in [6.45, 7) is 4.57. The summed E-state index contributed by atoms with van der Waals surface area (Å²) in [5.74, 6) is 0.292. The maximum atomic E-state index is 12.3. The van der Waals surface area contributed by atoms with Crippen molar-refractivity contribution in [2.45, 2.75) is 33.2 Å². The predicted octanol–water partition coefficient (Wildman–Crippen LogP) is 2.71. The third kappa shape index (κ3) is 3.52. The highest BCUT2D eigenvalue weighted by Gasteiger charge is 2.19. The zero-order valence-electron chi connectivity index (χ0n) is 16.2. The van der Waals surface area contributed by atoms with Gasteiger partial charge < -0.3 is 4.57 Å². The van der Waals surface area contributed by atoms with Gasteiger partial charge in [-0.15, -0.1) is 0 Å². The van der Waals surface area contributed by atoms with Gasteiger partial charge in [0, 0.05) is 6.54 Å². The molecule has 7 nitrogen and oxygen atoms in total. The number of nitrogens with one attached hydrogen (secondary N) is 1. The lowest BCUT2D eigenvalue weighted by atomic mass is 10.1. The largest absolute Gasteiger partial charge is 0.349 e. The Kier molecular flexibility index (Phi) is 4.69. The molecule has 29 heavy (non-hydrogen) atoms. The molecule has 144 valence electrons. The van der Waals surface area contributed by atoms with Crippen LogP contribution < -0.4 is 11.2 Å². The number of rotatable bonds is 4. The summed E-state index contributed by atoms with van der Waals surface area (Å²) < 4.78 is 1.90. The van der Waals surface area contributed by atoms with Crippen molar-refractivity contribution in [3.05, 3.63) is 79.5 Å². The van der Waals surface area contributed by atoms with Crippen LogP contribution in [0.1, 0.15) is 28.7 Å². The van der Waals surface area contributed by atoms with Crippen LogP contribution in [-0.4, -0.2) is 19.5 Å². The minimum Gasteiger partial charge on any atom is -0.322 e. The molecule has 0 atom stereocenters. The Labute approximate surface area is 166 Å². The third-order valence-electron chi connectivity index (χ3n) is 5.13. The first kappa shape index (κ1) is 18.6. The molecule has 2 heterocycles. The molecule has 4 rings (SSSR count). The summed E-state index contributed by atoms with van der Waals surface area (Å²) in [7, 11) is 0. The number of H-pyrrole nitrogens is 1. The van der Waals surface area contributed by atoms with Crippen LogP contribution in [0.15, 0.2) is 46.0 Å². The van der Waals surface area contributed by atoms with Gasteiger partial charge in [-0.05, 0) is 67.6 Å². The molecule has 1 N–H and O–H groups in total. The Morgan fingerprint density at radius 2 is 1.90 bits per heavy atom. The summed E-state index contributed by atoms with van der Waals surface area (Å²) in [4.78, 5) is 34.9. The quantitative estimate of drug-likeness (QED) is 0.544. The first-order valence-electron chi connectivity index (χ1n) is 9.37. The Bertz CT molecular complexity index is 1360. The molecule has 0 aliphatic carbocycles. The fourth-order valence-electron chi connectivity index (χ4n) is 3.51. The Balaban J connectivity index is 1.80. The zero-order valence-corrected chi connectivity index (χ0v) is 16.2. The molecule has 0 amide bonds. The second-order valence-electron chi connectivity index (χ2n) is 7.15. The van der Waals surface area contributed by atoms with Crippen LogP contribution in [0, 0.1) is 25.2 Å². The third-order valence-corrected chi connectivity index (χ3v) is 5.13. The molecule has 0 aromatic heterocycles. The van der Waals surface area contributed by atoms with E-state index >= 15 is 0 Å². The van der Waals surface area contributed by atoms with Crippen LogP contribution in [0.4, 0.5) is 0 Å². The first-order valence-corrected chi connectivity index (χ1v) is 9.37. The van der Waals surface area contributed by atoms with Crippen molar-refractivity contribution in [2.75, 3.05) is 0 Å². The topological polar surface area (TPSA) is 104 Å². The molecule has 0 radical (unpaired) electrons. The number of nitriles is 1. The fourth-order valence-corrected chi connectivity index (χ4v) is 3.51. The number of aryl methyl sites for hydroxylation is 4. The van der Waals surface area contributed by atoms with Crippen LogP contribution >= 0.6 is 0 Å². The van der Waals surface area contributed by atoms with Crippen molar-refractivity contribution in [1.82, 2.24) is 19.5 Å². The van der Waals surface area contributed by atoms with E-state index < -0.39 is 11.2 Å². The van der Waals surface area contributed by atoms with Crippen LogP contribution in [0.5, 0.6) is 0 Å². The van der Waals surface area contributed by atoms with Crippen molar-refractivity contribution in [2.24, 2.45) is 0 Å². The molecule has 2 aliphatic rings. The first-order chi connectivity index (χ1) is 14.0. The monoisotopic (exact) mass is 385 g/mol. The molecule has 0 bridgehead atoms. The van der Waals surface area contributed by atoms with Gasteiger partial charge >= 0.3 is 5.69 Å². The summed E-state index contributed by atoms with van der Waals surface area (Å²) in [6, 6.07) is 13.6. The minimum absolute atomic E-state index is 0.159. The lowest BCUT2D eigenvalue weighted by molar-refractivity contribution is 0.648. The maximum Gasteiger partial charge on any atom is 0.349 e. The van der Waals surface area contributed by atoms with Crippen molar-refractivity contribution in [3.8, 4) is 17.6 Å². The van der Waals surface area contributed by atoms with E-state index in [0.717, 1.165) is 35.0 Å². The van der Waals surface area contributed by atoms with Gasteiger partial charge in [0.2, 0.25) is 0 Å². The fraction of sp³-hybridized carbons (Fsp3) is 0.227. The van der Waals surface area contributed by atoms with E-state index in [1.165, 1.54) is 0 Å². The summed E-state index contributed by atoms with van der Waals surface area (Å²) in [5.41, 5.74) is 4.35. The lowest BCUT2D eigenvalue weighted by Crippen LogP contribution is -2.29. The minimum atomic E-state index is -0.678. The van der Waals surface area contributed by atoms with Gasteiger partial charge in [0.15, 0.2) is 11.5 Å². The van der Waals surface area contributed by atoms with Gasteiger partial charge in [-0.1, -0.05) is 12.1 Å². The average molecular weight is 385 g/mol. The second-order valence-corrected chi connectivity index (χ2v) is 7.15. The summed E-state index contributed by atoms with van der Waals surface area (Å²) >= 11 is 0. The smallest absolute Gasteiger partial charge is 0.322 e. The molecule has 7 heteroatoms. The van der Waals surface area contributed by atoms with E-state index in [-0.39, 0.29) is 5.69 Å². The van der Waals surface area contributed by atoms with E-state index in [1.54, 1.807) is 6.07 Å². The summed E-state index contributed by atoms with van der Waals surface area (Å²) in [5, 5.41) is 9.07. The molecule has 0 saturated carbocycles. The van der Waals surface area contributed by atoms with E-state index in [2.05, 4.69) is 21.0 Å². The van der Waals surface area contributed by atoms with Crippen molar-refractivity contribution >= 4 is 11.0 Å². The number of benzene rings is 2. The van der Waals surface area contributed by atoms with E-state index in [1.807, 2.05) is 48.7 Å². The highest BCUT2D eigenvalue weighted by atomic mass is 16.2. The number of fused-ring (bicyclic) bond motifs is 2. The van der Waals surface area contributed by atoms with Gasteiger partial charge in [-0.3, -0.25) is 9.78 Å². The Morgan fingerprint density at radius 1 is 1.10 bits per heavy atom. The summed E-state index contributed by atoms with van der Waals surface area (Å²) in [6.07, 6.45) is 1.51. The van der Waals surface area contributed by atoms with Crippen molar-refractivity contribution < 1.29 is 0 Å². The Morgan fingerprint density at radius 3 is 2.69 bits per heavy atom. The molecular formula is C22H19N5O2. The van der Waals surface area contributed by atoms with Gasteiger partial charge in [0.25, 0.3) is 5.56 Å². The average Bonchev–Trinajstić information content (AvgIpc) is 2.70. The van der Waals surface area contributed by atoms with Crippen LogP contribution in [0.3, 0.4) is 0 Å². The molecule has 2 aromatic rings. The number of aromatic nitrogens is 4. The van der Waals surface area contributed by atoms with Gasteiger partial charge in [0.05, 0.1) is 22.7 Å². The molecule has 0 saturated heterocycles. The number of hydrogen-bond acceptors (Lipinski definition) is 5. The van der Waals surface area contributed by atoms with Gasteiger partial charge in [-0.25, -0.2) is 9.78 Å². The van der Waals surface area contributed by atoms with Crippen LogP contribution in [-0.2, 0) is 13.0 Å². The molecule has 2 aliphatic heterocycles. The highest BCUT2D eigenvalue weighted by molar-refractivity contribution is 5.81. The predicted molar refractivity (Wildman–Crippen MR) is 110 cm³/mol. The normalized spacial score (nSPS) is 11.1. The number of aromatic amines is 1. The van der Waals surface area contributed by atoms with E-state index in [4.69, 9.17) is 5.26 Å². The van der Waals surface area contributed by atoms with Crippen molar-refractivity contribution in [1.29, 1.82) is 5.26 Å². The van der Waals surface area contributed by atoms with Gasteiger partial charge in [-0.2, -0.15) is 10.2 Å². The molecule has 0 fully saturated rings. The standard InChI is InChI=1S/C22H19N5O2/c1-13-9-17-18(10-14(13)2)27(20-19(24-17)21(28)26-22(29)25-20)8-4-7-15-5-3-6-16(11-15)12-23/h3,5-6,9-11H,4,7-8H2,1-2H3,(H,26,28,29). The highest BCUT2D eigenvalue weighted by Crippen LogP contribution is 2.24. The van der Waals surface area contributed by atoms with E-state index in [0.29, 0.717) is 23.4 Å². The molecule has 0 unspecified atom stereocenters. The number of hydrogen-bond donors (Lipinski definition) is 1. The maximum absolute atomic E-state index is 12.3. The zero-order chi connectivity index (χ0) is 20.5. The SMILES string of the molecule is Cc1cc2nc3c(=O)[nH]c(=O)nc-3n(CCCc3cccc(C#N)c3)c2cc1C. The van der Waals surface area contributed by atoms with E-state index in [9.17, 15) is 9.59 Å². The molecule has 0 spiro atoms. The number of nitrogens with zero attached hydrogens (tertiary/aromatic N) is 4. The van der Waals surface area contributed by atoms with Crippen molar-refractivity contribution in [3.63, 3.8) is 0 Å². The van der Waals surface area contributed by atoms with Gasteiger partial charge in [0.1, 0.15) is 0 Å². The molecular weight excluding hydrogens is 366 g/mol. The lowest BCUT2D eigenvalue weighted by Gasteiger charge is -2.17. The van der Waals surface area contributed by atoms with Crippen LogP contribution in [0.25, 0.3) is 22.6 Å². The molecule has 2 aromatic carbocycles. The second kappa shape index (κ2) is 7.32.